The topological polar surface area (TPSA) is 77.6 Å². The summed E-state index contributed by atoms with van der Waals surface area (Å²) in [7, 11) is 12.8. The van der Waals surface area contributed by atoms with Gasteiger partial charge in [0.1, 0.15) is 37.0 Å². The number of pyridine rings is 1. The molecule has 0 N–H and O–H groups in total. The van der Waals surface area contributed by atoms with Crippen LogP contribution in [0.4, 0.5) is 80.0 Å². The van der Waals surface area contributed by atoms with Gasteiger partial charge in [-0.3, -0.25) is 0 Å². The molecule has 6 aliphatic rings. The van der Waals surface area contributed by atoms with Gasteiger partial charge >= 0.3 is 0 Å². The van der Waals surface area contributed by atoms with E-state index in [2.05, 4.69) is 345 Å². The van der Waals surface area contributed by atoms with Gasteiger partial charge < -0.3 is 58.8 Å². The first-order valence-corrected chi connectivity index (χ1v) is 30.9. The third-order valence-corrected chi connectivity index (χ3v) is 19.8. The Kier molecular flexibility index (Phi) is 14.5. The highest BCUT2D eigenvalue weighted by molar-refractivity contribution is 5.98. The highest BCUT2D eigenvalue weighted by Crippen LogP contribution is 2.51. The molecule has 6 atom stereocenters. The third-order valence-electron chi connectivity index (χ3n) is 19.8. The number of para-hydroxylation sites is 3. The summed E-state index contributed by atoms with van der Waals surface area (Å²) in [6.07, 6.45) is 13.6. The number of hydrogen-bond acceptors (Lipinski definition) is 15. The van der Waals surface area contributed by atoms with Crippen LogP contribution in [0.3, 0.4) is 0 Å². The van der Waals surface area contributed by atoms with Crippen LogP contribution in [0.1, 0.15) is 63.8 Å². The van der Waals surface area contributed by atoms with Gasteiger partial charge in [0.05, 0.1) is 34.0 Å². The standard InChI is InChI=1S/C25H28N4.C24H28N6.C24H27N5/c1-17-22(28-14-13-26(4)18(28)2)11-8-12-23(17)29-19(3)27(5)24-15-20-9-6-7-10-21(20)16-25(24)29;1-15-13-21(29-17(3)27(5)19-9-7-8-10-20(19)29)16(2)22(14-15)30-18(4)28(6)23-24(30)26-12-11-25-23;1-16-21(28-14-13-26(4)17(28)2)11-8-12-22(16)29-18(3)27(5)23-15-19-9-6-7-10-20(19)25-24(23)29/h6-16,18-19H,1-5H3;7-14,17-18H,1-6H3;6-15,17-18H,1-5H3/t18-,19+;2*17-,18+/m111/s1. The SMILES string of the molecule is Cc1c(N2C=CN(C)[C@H]2C)cccc1N1c2cc3ccccc3cc2N(C)[C@@H]1C.Cc1c(N2C=CN(C)[C@H]2C)cccc1N1c2nc3ccccc3cc2N(C)[C@@H]1C.Cc1cc(N2c3ccccc3N(C)[C@H]2C)c(C)c(N2c3nccnc3N(C)[C@@H]2C)c1. The van der Waals surface area contributed by atoms with E-state index in [0.717, 1.165) is 23.0 Å². The minimum Gasteiger partial charge on any atom is -0.359 e. The van der Waals surface area contributed by atoms with Crippen molar-refractivity contribution in [2.75, 3.05) is 91.3 Å². The monoisotopic (exact) mass is 1170 g/mol. The van der Waals surface area contributed by atoms with Gasteiger partial charge in [-0.15, -0.1) is 0 Å². The molecule has 15 nitrogen and oxygen atoms in total. The fraction of sp³-hybridized carbons (Fsp3) is 0.301. The van der Waals surface area contributed by atoms with Crippen molar-refractivity contribution in [2.24, 2.45) is 0 Å². The Hall–Kier alpha value is -9.63. The number of aromatic nitrogens is 3. The third kappa shape index (κ3) is 9.27. The van der Waals surface area contributed by atoms with Crippen LogP contribution >= 0.6 is 0 Å². The van der Waals surface area contributed by atoms with E-state index in [1.807, 2.05) is 0 Å². The number of rotatable bonds is 6. The second-order valence-corrected chi connectivity index (χ2v) is 24.6. The Morgan fingerprint density at radius 2 is 0.716 bits per heavy atom. The summed E-state index contributed by atoms with van der Waals surface area (Å²) in [5, 5.41) is 3.75. The first-order chi connectivity index (χ1) is 42.3. The molecule has 0 radical (unpaired) electrons. The normalized spacial score (nSPS) is 20.6. The quantitative estimate of drug-likeness (QED) is 0.158. The summed E-state index contributed by atoms with van der Waals surface area (Å²) >= 11 is 0. The number of nitrogens with zero attached hydrogens (tertiary/aromatic N) is 15. The van der Waals surface area contributed by atoms with Crippen LogP contribution in [0.15, 0.2) is 177 Å². The van der Waals surface area contributed by atoms with E-state index in [4.69, 9.17) is 4.98 Å². The Bertz CT molecular complexity index is 3950. The molecule has 0 aliphatic carbocycles. The van der Waals surface area contributed by atoms with Crippen molar-refractivity contribution in [3.05, 3.63) is 199 Å². The fourth-order valence-corrected chi connectivity index (χ4v) is 13.9. The Labute approximate surface area is 520 Å². The van der Waals surface area contributed by atoms with Crippen LogP contribution in [0.25, 0.3) is 21.7 Å². The zero-order valence-corrected chi connectivity index (χ0v) is 53.9. The van der Waals surface area contributed by atoms with Crippen LogP contribution in [-0.2, 0) is 0 Å². The molecule has 0 saturated carbocycles. The molecule has 0 saturated heterocycles. The molecule has 2 aromatic heterocycles. The number of anilines is 14. The fourth-order valence-electron chi connectivity index (χ4n) is 13.9. The molecule has 0 spiro atoms. The molecule has 0 amide bonds. The lowest BCUT2D eigenvalue weighted by Gasteiger charge is -2.33. The van der Waals surface area contributed by atoms with Crippen molar-refractivity contribution in [2.45, 2.75) is 106 Å². The molecule has 0 fully saturated rings. The molecule has 15 heteroatoms. The maximum atomic E-state index is 5.06. The van der Waals surface area contributed by atoms with Gasteiger partial charge in [-0.1, -0.05) is 66.7 Å². The average Bonchev–Trinajstić information content (AvgIpc) is 1.92. The van der Waals surface area contributed by atoms with Crippen molar-refractivity contribution < 1.29 is 0 Å². The number of hydrogen-bond donors (Lipinski definition) is 0. The number of fused-ring (bicyclic) bond motifs is 6. The van der Waals surface area contributed by atoms with Crippen molar-refractivity contribution in [3.63, 3.8) is 0 Å². The van der Waals surface area contributed by atoms with E-state index in [0.29, 0.717) is 12.3 Å². The summed E-state index contributed by atoms with van der Waals surface area (Å²) in [6.45, 7) is 22.3. The maximum Gasteiger partial charge on any atom is 0.178 e. The van der Waals surface area contributed by atoms with Gasteiger partial charge in [0.25, 0.3) is 0 Å². The minimum atomic E-state index is 0.140. The summed E-state index contributed by atoms with van der Waals surface area (Å²) in [5.41, 5.74) is 19.7. The number of benzene rings is 7. The largest absolute Gasteiger partial charge is 0.359 e. The lowest BCUT2D eigenvalue weighted by Crippen LogP contribution is -2.37. The highest BCUT2D eigenvalue weighted by atomic mass is 15.5. The minimum absolute atomic E-state index is 0.140. The maximum absolute atomic E-state index is 5.06. The van der Waals surface area contributed by atoms with E-state index < -0.39 is 0 Å². The molecule has 0 unspecified atom stereocenters. The van der Waals surface area contributed by atoms with E-state index in [9.17, 15) is 0 Å². The lowest BCUT2D eigenvalue weighted by atomic mass is 10.0. The van der Waals surface area contributed by atoms with Crippen LogP contribution < -0.4 is 49.0 Å². The van der Waals surface area contributed by atoms with E-state index in [1.54, 1.807) is 12.4 Å². The molecule has 8 heterocycles. The van der Waals surface area contributed by atoms with Crippen molar-refractivity contribution in [1.82, 2.24) is 24.8 Å². The molecule has 450 valence electrons. The van der Waals surface area contributed by atoms with E-state index in [1.165, 1.54) is 101 Å². The van der Waals surface area contributed by atoms with Crippen molar-refractivity contribution in [1.29, 1.82) is 0 Å². The number of aryl methyl sites for hydroxylation is 1. The van der Waals surface area contributed by atoms with Crippen LogP contribution in [0.2, 0.25) is 0 Å². The van der Waals surface area contributed by atoms with Gasteiger partial charge in [0, 0.05) is 119 Å². The lowest BCUT2D eigenvalue weighted by molar-refractivity contribution is 0.383. The zero-order valence-electron chi connectivity index (χ0n) is 53.9. The van der Waals surface area contributed by atoms with Gasteiger partial charge in [-0.2, -0.15) is 0 Å². The molecule has 9 aromatic rings. The van der Waals surface area contributed by atoms with Crippen LogP contribution in [-0.4, -0.2) is 104 Å². The Balaban J connectivity index is 0.000000122. The van der Waals surface area contributed by atoms with Gasteiger partial charge in [0.15, 0.2) is 17.5 Å². The Morgan fingerprint density at radius 1 is 0.307 bits per heavy atom. The van der Waals surface area contributed by atoms with Gasteiger partial charge in [-0.25, -0.2) is 15.0 Å². The smallest absolute Gasteiger partial charge is 0.178 e. The molecule has 6 aliphatic heterocycles. The highest BCUT2D eigenvalue weighted by Gasteiger charge is 2.40. The molecule has 0 bridgehead atoms. The second-order valence-electron chi connectivity index (χ2n) is 24.6. The van der Waals surface area contributed by atoms with Gasteiger partial charge in [0.2, 0.25) is 0 Å². The van der Waals surface area contributed by atoms with Crippen LogP contribution in [0.5, 0.6) is 0 Å². The summed E-state index contributed by atoms with van der Waals surface area (Å²) in [4.78, 5) is 42.3. The van der Waals surface area contributed by atoms with Crippen LogP contribution in [0, 0.1) is 27.7 Å². The zero-order chi connectivity index (χ0) is 61.7. The van der Waals surface area contributed by atoms with Gasteiger partial charge in [-0.05, 0) is 175 Å². The predicted octanol–water partition coefficient (Wildman–Crippen LogP) is 15.7. The summed E-state index contributed by atoms with van der Waals surface area (Å²) < 4.78 is 0. The average molecular weight is 1170 g/mol. The molecular weight excluding hydrogens is 1090 g/mol. The van der Waals surface area contributed by atoms with Crippen molar-refractivity contribution >= 4 is 102 Å². The van der Waals surface area contributed by atoms with E-state index in [-0.39, 0.29) is 24.7 Å². The molecule has 7 aromatic carbocycles. The van der Waals surface area contributed by atoms with Crippen molar-refractivity contribution in [3.8, 4) is 0 Å². The predicted molar refractivity (Wildman–Crippen MR) is 370 cm³/mol. The summed E-state index contributed by atoms with van der Waals surface area (Å²) in [6, 6.07) is 50.3. The molecule has 15 rings (SSSR count). The second kappa shape index (κ2) is 22.3. The molecular formula is C73H83N15. The first kappa shape index (κ1) is 57.4. The van der Waals surface area contributed by atoms with E-state index >= 15 is 0 Å². The first-order valence-electron chi connectivity index (χ1n) is 30.9. The Morgan fingerprint density at radius 3 is 1.31 bits per heavy atom. The summed E-state index contributed by atoms with van der Waals surface area (Å²) in [5.74, 6) is 2.87. The molecule has 88 heavy (non-hydrogen) atoms.